The first-order valence-electron chi connectivity index (χ1n) is 5.78. The number of rotatable bonds is 7. The molecule has 0 atom stereocenters. The highest BCUT2D eigenvalue weighted by Crippen LogP contribution is 2.14. The Bertz CT molecular complexity index is 73.8. The average Bonchev–Trinajstić information content (AvgIpc) is 2.13. The Balaban J connectivity index is 3.49. The van der Waals surface area contributed by atoms with Gasteiger partial charge >= 0.3 is 0 Å². The van der Waals surface area contributed by atoms with Crippen LogP contribution in [-0.4, -0.2) is 28.3 Å². The number of hydrogen-bond acceptors (Lipinski definition) is 0. The van der Waals surface area contributed by atoms with Gasteiger partial charge in [0.2, 0.25) is 0 Å². The standard InChI is InChI=1S/4C2H5.C2H4.2Al/c5*1-2;;/h4*1H2,2H3;1-2H2;;. The molecule has 0 spiro atoms. The van der Waals surface area contributed by atoms with Crippen molar-refractivity contribution in [3.63, 3.8) is 0 Å². The molecule has 0 aliphatic carbocycles. The highest BCUT2D eigenvalue weighted by atomic mass is 27.2. The Kier molecular flexibility index (Phi) is 9.42. The monoisotopic (exact) mass is 198 g/mol. The van der Waals surface area contributed by atoms with Gasteiger partial charge in [-0.3, -0.25) is 0 Å². The van der Waals surface area contributed by atoms with Gasteiger partial charge in [0.15, 0.2) is 0 Å². The van der Waals surface area contributed by atoms with Crippen molar-refractivity contribution in [1.29, 1.82) is 0 Å². The van der Waals surface area contributed by atoms with Crippen molar-refractivity contribution in [3.05, 3.63) is 0 Å². The summed E-state index contributed by atoms with van der Waals surface area (Å²) in [7, 11) is 0. The minimum absolute atomic E-state index is 0.241. The fourth-order valence-electron chi connectivity index (χ4n) is 1.87. The maximum atomic E-state index is 2.40. The first-order chi connectivity index (χ1) is 5.78. The summed E-state index contributed by atoms with van der Waals surface area (Å²) in [6.07, 6.45) is 0. The summed E-state index contributed by atoms with van der Waals surface area (Å²) in [5.74, 6) is 0. The van der Waals surface area contributed by atoms with Gasteiger partial charge in [-0.1, -0.05) is 48.8 Å². The molecule has 0 aromatic rings. The van der Waals surface area contributed by atoms with E-state index >= 15 is 0 Å². The maximum absolute atomic E-state index is 2.40. The van der Waals surface area contributed by atoms with Crippen LogP contribution in [0.4, 0.5) is 0 Å². The van der Waals surface area contributed by atoms with Gasteiger partial charge in [-0.15, -0.1) is 10.6 Å². The Hall–Kier alpha value is 1.06. The van der Waals surface area contributed by atoms with Crippen molar-refractivity contribution < 1.29 is 0 Å². The van der Waals surface area contributed by atoms with E-state index in [1.165, 1.54) is 21.1 Å². The van der Waals surface area contributed by atoms with Crippen LogP contribution in [0.2, 0.25) is 31.7 Å². The molecule has 0 unspecified atom stereocenters. The van der Waals surface area contributed by atoms with Gasteiger partial charge in [0, 0.05) is 0 Å². The zero-order chi connectivity index (χ0) is 9.40. The fraction of sp³-hybridized carbons (Fsp3) is 1.00. The highest BCUT2D eigenvalue weighted by molar-refractivity contribution is 6.64. The minimum Gasteiger partial charge on any atom is -0.106 e. The van der Waals surface area contributed by atoms with Crippen LogP contribution < -0.4 is 0 Å². The molecule has 70 valence electrons. The van der Waals surface area contributed by atoms with Crippen molar-refractivity contribution in [2.45, 2.75) is 59.4 Å². The lowest BCUT2D eigenvalue weighted by molar-refractivity contribution is 1.18. The zero-order valence-electron chi connectivity index (χ0n) is 9.40. The first-order valence-corrected chi connectivity index (χ1v) is 10.7. The molecular formula is C10H24Al2. The summed E-state index contributed by atoms with van der Waals surface area (Å²) >= 11 is -0.483. The third kappa shape index (κ3) is 5.67. The lowest BCUT2D eigenvalue weighted by Crippen LogP contribution is -2.15. The van der Waals surface area contributed by atoms with Crippen LogP contribution >= 0.6 is 0 Å². The summed E-state index contributed by atoms with van der Waals surface area (Å²) in [6, 6.07) is 0. The summed E-state index contributed by atoms with van der Waals surface area (Å²) < 4.78 is 0. The van der Waals surface area contributed by atoms with Crippen molar-refractivity contribution in [2.75, 3.05) is 0 Å². The van der Waals surface area contributed by atoms with E-state index in [0.29, 0.717) is 0 Å². The van der Waals surface area contributed by atoms with E-state index in [1.54, 1.807) is 10.6 Å². The molecule has 12 heavy (non-hydrogen) atoms. The molecule has 0 fully saturated rings. The molecule has 0 radical (unpaired) electrons. The summed E-state index contributed by atoms with van der Waals surface area (Å²) in [5.41, 5.74) is 0. The highest BCUT2D eigenvalue weighted by Gasteiger charge is 2.16. The van der Waals surface area contributed by atoms with Gasteiger partial charge in [0.25, 0.3) is 28.3 Å². The van der Waals surface area contributed by atoms with Crippen LogP contribution in [0.3, 0.4) is 0 Å². The van der Waals surface area contributed by atoms with Crippen LogP contribution in [0.5, 0.6) is 0 Å². The van der Waals surface area contributed by atoms with Gasteiger partial charge in [0.1, 0.15) is 0 Å². The lowest BCUT2D eigenvalue weighted by atomic mass is 10.9. The molecule has 0 aliphatic rings. The molecule has 0 aromatic heterocycles. The molecule has 0 saturated carbocycles. The lowest BCUT2D eigenvalue weighted by Gasteiger charge is -2.09. The minimum atomic E-state index is -0.241. The Morgan fingerprint density at radius 1 is 0.583 bits per heavy atom. The first kappa shape index (κ1) is 13.1. The quantitative estimate of drug-likeness (QED) is 0.541. The van der Waals surface area contributed by atoms with E-state index < -0.39 is 0 Å². The van der Waals surface area contributed by atoms with Gasteiger partial charge in [-0.25, -0.2) is 0 Å². The second-order valence-electron chi connectivity index (χ2n) is 3.94. The van der Waals surface area contributed by atoms with Gasteiger partial charge in [-0.05, 0) is 0 Å². The second-order valence-corrected chi connectivity index (χ2v) is 11.8. The Morgan fingerprint density at radius 2 is 0.833 bits per heavy atom. The normalized spacial score (nSPS) is 10.0. The van der Waals surface area contributed by atoms with Crippen molar-refractivity contribution >= 4 is 28.3 Å². The molecule has 0 heterocycles. The maximum Gasteiger partial charge on any atom is 0.260 e. The molecule has 0 N–H and O–H groups in total. The van der Waals surface area contributed by atoms with Crippen molar-refractivity contribution in [2.24, 2.45) is 0 Å². The molecule has 0 aromatic carbocycles. The summed E-state index contributed by atoms with van der Waals surface area (Å²) in [4.78, 5) is 0. The van der Waals surface area contributed by atoms with E-state index in [-0.39, 0.29) is 28.3 Å². The van der Waals surface area contributed by atoms with Crippen molar-refractivity contribution in [1.82, 2.24) is 0 Å². The average molecular weight is 198 g/mol. The molecule has 0 amide bonds. The third-order valence-corrected chi connectivity index (χ3v) is 10.9. The SMILES string of the molecule is C[CH2][Al]([CH2]C)[CH2][CH2][Al]([CH2]C)[CH2]C. The Labute approximate surface area is 87.5 Å². The molecule has 0 rings (SSSR count). The molecule has 2 heteroatoms. The molecule has 0 bridgehead atoms. The van der Waals surface area contributed by atoms with Crippen LogP contribution in [-0.2, 0) is 0 Å². The van der Waals surface area contributed by atoms with E-state index in [9.17, 15) is 0 Å². The van der Waals surface area contributed by atoms with Gasteiger partial charge in [-0.2, -0.15) is 0 Å². The van der Waals surface area contributed by atoms with Gasteiger partial charge < -0.3 is 0 Å². The summed E-state index contributed by atoms with van der Waals surface area (Å²) in [5, 5.41) is 9.45. The fourth-order valence-corrected chi connectivity index (χ4v) is 8.42. The topological polar surface area (TPSA) is 0 Å². The zero-order valence-corrected chi connectivity index (χ0v) is 11.7. The molecular weight excluding hydrogens is 174 g/mol. The van der Waals surface area contributed by atoms with E-state index in [4.69, 9.17) is 0 Å². The van der Waals surface area contributed by atoms with Crippen LogP contribution in [0, 0.1) is 0 Å². The molecule has 0 saturated heterocycles. The van der Waals surface area contributed by atoms with Gasteiger partial charge in [0.05, 0.1) is 0 Å². The largest absolute Gasteiger partial charge is 0.260 e. The second kappa shape index (κ2) is 8.65. The van der Waals surface area contributed by atoms with Crippen LogP contribution in [0.25, 0.3) is 0 Å². The molecule has 0 nitrogen and oxygen atoms in total. The third-order valence-electron chi connectivity index (χ3n) is 3.29. The van der Waals surface area contributed by atoms with E-state index in [0.717, 1.165) is 0 Å². The smallest absolute Gasteiger partial charge is 0.106 e. The number of hydrogen-bond donors (Lipinski definition) is 0. The summed E-state index contributed by atoms with van der Waals surface area (Å²) in [6.45, 7) is 9.59. The van der Waals surface area contributed by atoms with E-state index in [1.807, 2.05) is 0 Å². The van der Waals surface area contributed by atoms with Crippen molar-refractivity contribution in [3.8, 4) is 0 Å². The Morgan fingerprint density at radius 3 is 1.00 bits per heavy atom. The predicted molar refractivity (Wildman–Crippen MR) is 63.0 cm³/mol. The predicted octanol–water partition coefficient (Wildman–Crippen LogP) is 4.06. The van der Waals surface area contributed by atoms with E-state index in [2.05, 4.69) is 27.7 Å². The molecule has 0 aliphatic heterocycles. The van der Waals surface area contributed by atoms with Crippen LogP contribution in [0.1, 0.15) is 27.7 Å². The van der Waals surface area contributed by atoms with Crippen LogP contribution in [0.15, 0.2) is 0 Å².